The lowest BCUT2D eigenvalue weighted by molar-refractivity contribution is -0.120. The lowest BCUT2D eigenvalue weighted by atomic mass is 10.2. The molecular weight excluding hydrogens is 292 g/mol. The first-order valence-electron chi connectivity index (χ1n) is 7.33. The maximum Gasteiger partial charge on any atom is 0.256 e. The lowest BCUT2D eigenvalue weighted by Crippen LogP contribution is -2.38. The smallest absolute Gasteiger partial charge is 0.256 e. The zero-order valence-electron chi connectivity index (χ0n) is 12.4. The Morgan fingerprint density at radius 2 is 2.14 bits per heavy atom. The lowest BCUT2D eigenvalue weighted by Gasteiger charge is -2.06. The van der Waals surface area contributed by atoms with Crippen molar-refractivity contribution in [3.05, 3.63) is 16.4 Å². The van der Waals surface area contributed by atoms with Crippen molar-refractivity contribution in [2.45, 2.75) is 52.1 Å². The molecule has 1 fully saturated rings. The number of hydrogen-bond acceptors (Lipinski definition) is 3. The number of nitrogens with zero attached hydrogens (tertiary/aromatic N) is 2. The number of aromatic nitrogens is 2. The maximum absolute atomic E-state index is 12.2. The molecule has 0 unspecified atom stereocenters. The summed E-state index contributed by atoms with van der Waals surface area (Å²) in [5.74, 6) is -0.524. The Hall–Kier alpha value is -1.56. The minimum absolute atomic E-state index is 0.0365. The van der Waals surface area contributed by atoms with Crippen LogP contribution in [-0.2, 0) is 11.3 Å². The molecule has 7 heteroatoms. The van der Waals surface area contributed by atoms with Crippen molar-refractivity contribution in [3.63, 3.8) is 0 Å². The van der Waals surface area contributed by atoms with Gasteiger partial charge < -0.3 is 10.6 Å². The van der Waals surface area contributed by atoms with Gasteiger partial charge in [-0.15, -0.1) is 0 Å². The molecule has 2 N–H and O–H groups in total. The predicted octanol–water partition coefficient (Wildman–Crippen LogP) is 1.65. The first kappa shape index (κ1) is 15.8. The van der Waals surface area contributed by atoms with Crippen molar-refractivity contribution in [1.82, 2.24) is 20.4 Å². The van der Waals surface area contributed by atoms with E-state index in [0.717, 1.165) is 25.7 Å². The minimum atomic E-state index is -0.355. The Bertz CT molecular complexity index is 537. The monoisotopic (exact) mass is 312 g/mol. The number of amides is 2. The maximum atomic E-state index is 12.2. The second kappa shape index (κ2) is 6.93. The molecule has 0 bridgehead atoms. The molecule has 1 heterocycles. The normalized spacial score (nSPS) is 14.0. The Kier molecular flexibility index (Phi) is 5.22. The summed E-state index contributed by atoms with van der Waals surface area (Å²) in [4.78, 5) is 23.7. The van der Waals surface area contributed by atoms with E-state index in [4.69, 9.17) is 11.6 Å². The molecule has 1 aromatic heterocycles. The van der Waals surface area contributed by atoms with Crippen molar-refractivity contribution in [2.75, 3.05) is 6.54 Å². The van der Waals surface area contributed by atoms with Crippen molar-refractivity contribution >= 4 is 23.4 Å². The van der Waals surface area contributed by atoms with E-state index in [1.807, 2.05) is 0 Å². The topological polar surface area (TPSA) is 76.0 Å². The van der Waals surface area contributed by atoms with E-state index in [-0.39, 0.29) is 24.4 Å². The van der Waals surface area contributed by atoms with Crippen LogP contribution in [0, 0.1) is 6.92 Å². The van der Waals surface area contributed by atoms with Crippen LogP contribution in [0.15, 0.2) is 0 Å². The predicted molar refractivity (Wildman–Crippen MR) is 80.4 cm³/mol. The summed E-state index contributed by atoms with van der Waals surface area (Å²) < 4.78 is 1.64. The standard InChI is InChI=1S/C14H21ClN4O2/c1-3-4-7-19-13(15)12(9(2)18-19)14(21)16-8-11(20)17-10-5-6-10/h10H,3-8H2,1-2H3,(H,16,21)(H,17,20). The molecule has 21 heavy (non-hydrogen) atoms. The molecule has 1 aliphatic carbocycles. The molecule has 6 nitrogen and oxygen atoms in total. The van der Waals surface area contributed by atoms with Gasteiger partial charge in [0.1, 0.15) is 5.15 Å². The summed E-state index contributed by atoms with van der Waals surface area (Å²) in [6, 6.07) is 0.288. The van der Waals surface area contributed by atoms with Crippen LogP contribution in [0.1, 0.15) is 48.7 Å². The number of carbonyl (C=O) groups excluding carboxylic acids is 2. The summed E-state index contributed by atoms with van der Waals surface area (Å²) in [5, 5.41) is 10.0. The second-order valence-electron chi connectivity index (χ2n) is 5.35. The molecule has 0 radical (unpaired) electrons. The molecule has 2 amide bonds. The average molecular weight is 313 g/mol. The number of unbranched alkanes of at least 4 members (excludes halogenated alkanes) is 1. The number of nitrogens with one attached hydrogen (secondary N) is 2. The molecule has 1 saturated carbocycles. The van der Waals surface area contributed by atoms with Gasteiger partial charge in [0, 0.05) is 12.6 Å². The van der Waals surface area contributed by atoms with E-state index in [0.29, 0.717) is 23.0 Å². The van der Waals surface area contributed by atoms with Crippen LogP contribution < -0.4 is 10.6 Å². The summed E-state index contributed by atoms with van der Waals surface area (Å²) in [5.41, 5.74) is 0.934. The number of rotatable bonds is 7. The Morgan fingerprint density at radius 1 is 1.43 bits per heavy atom. The highest BCUT2D eigenvalue weighted by molar-refractivity contribution is 6.33. The van der Waals surface area contributed by atoms with Crippen molar-refractivity contribution in [3.8, 4) is 0 Å². The van der Waals surface area contributed by atoms with Gasteiger partial charge in [0.2, 0.25) is 5.91 Å². The highest BCUT2D eigenvalue weighted by atomic mass is 35.5. The van der Waals surface area contributed by atoms with Gasteiger partial charge in [-0.1, -0.05) is 24.9 Å². The third-order valence-electron chi connectivity index (χ3n) is 3.37. The van der Waals surface area contributed by atoms with Gasteiger partial charge in [0.25, 0.3) is 5.91 Å². The minimum Gasteiger partial charge on any atom is -0.352 e. The highest BCUT2D eigenvalue weighted by Gasteiger charge is 2.24. The molecule has 2 rings (SSSR count). The number of hydrogen-bond donors (Lipinski definition) is 2. The number of halogens is 1. The van der Waals surface area contributed by atoms with E-state index < -0.39 is 0 Å². The van der Waals surface area contributed by atoms with Crippen LogP contribution in [0.2, 0.25) is 5.15 Å². The molecule has 0 atom stereocenters. The van der Waals surface area contributed by atoms with Gasteiger partial charge in [-0.3, -0.25) is 14.3 Å². The highest BCUT2D eigenvalue weighted by Crippen LogP contribution is 2.20. The van der Waals surface area contributed by atoms with Gasteiger partial charge in [-0.05, 0) is 26.2 Å². The first-order valence-corrected chi connectivity index (χ1v) is 7.71. The van der Waals surface area contributed by atoms with E-state index in [9.17, 15) is 9.59 Å². The number of carbonyl (C=O) groups is 2. The van der Waals surface area contributed by atoms with E-state index >= 15 is 0 Å². The van der Waals surface area contributed by atoms with Gasteiger partial charge in [-0.25, -0.2) is 0 Å². The van der Waals surface area contributed by atoms with Crippen LogP contribution in [0.3, 0.4) is 0 Å². The van der Waals surface area contributed by atoms with Crippen molar-refractivity contribution in [2.24, 2.45) is 0 Å². The van der Waals surface area contributed by atoms with Gasteiger partial charge in [-0.2, -0.15) is 5.10 Å². The van der Waals surface area contributed by atoms with Gasteiger partial charge >= 0.3 is 0 Å². The fourth-order valence-corrected chi connectivity index (χ4v) is 2.37. The fraction of sp³-hybridized carbons (Fsp3) is 0.643. The quantitative estimate of drug-likeness (QED) is 0.804. The summed E-state index contributed by atoms with van der Waals surface area (Å²) in [6.45, 7) is 4.47. The Labute approximate surface area is 129 Å². The van der Waals surface area contributed by atoms with Crippen LogP contribution in [-0.4, -0.2) is 34.2 Å². The molecule has 0 aromatic carbocycles. The Morgan fingerprint density at radius 3 is 2.76 bits per heavy atom. The molecular formula is C14H21ClN4O2. The summed E-state index contributed by atoms with van der Waals surface area (Å²) in [6.07, 6.45) is 4.02. The third kappa shape index (κ3) is 4.20. The zero-order chi connectivity index (χ0) is 15.4. The summed E-state index contributed by atoms with van der Waals surface area (Å²) in [7, 11) is 0. The second-order valence-corrected chi connectivity index (χ2v) is 5.71. The molecule has 0 saturated heterocycles. The Balaban J connectivity index is 1.94. The fourth-order valence-electron chi connectivity index (χ4n) is 2.02. The van der Waals surface area contributed by atoms with Crippen LogP contribution in [0.25, 0.3) is 0 Å². The average Bonchev–Trinajstić information content (AvgIpc) is 3.20. The largest absolute Gasteiger partial charge is 0.352 e. The van der Waals surface area contributed by atoms with Crippen LogP contribution in [0.4, 0.5) is 0 Å². The molecule has 0 aliphatic heterocycles. The molecule has 116 valence electrons. The van der Waals surface area contributed by atoms with Crippen LogP contribution in [0.5, 0.6) is 0 Å². The first-order chi connectivity index (χ1) is 10.0. The molecule has 0 spiro atoms. The SMILES string of the molecule is CCCCn1nc(C)c(C(=O)NCC(=O)NC2CC2)c1Cl. The number of aryl methyl sites for hydroxylation is 2. The van der Waals surface area contributed by atoms with Crippen molar-refractivity contribution < 1.29 is 9.59 Å². The molecule has 1 aliphatic rings. The van der Waals surface area contributed by atoms with Crippen molar-refractivity contribution in [1.29, 1.82) is 0 Å². The zero-order valence-corrected chi connectivity index (χ0v) is 13.2. The van der Waals surface area contributed by atoms with Crippen LogP contribution >= 0.6 is 11.6 Å². The van der Waals surface area contributed by atoms with Gasteiger partial charge in [0.05, 0.1) is 17.8 Å². The van der Waals surface area contributed by atoms with Gasteiger partial charge in [0.15, 0.2) is 0 Å². The summed E-state index contributed by atoms with van der Waals surface area (Å²) >= 11 is 6.21. The third-order valence-corrected chi connectivity index (χ3v) is 3.75. The molecule has 1 aromatic rings. The van der Waals surface area contributed by atoms with E-state index in [1.54, 1.807) is 11.6 Å². The van der Waals surface area contributed by atoms with E-state index in [1.165, 1.54) is 0 Å². The van der Waals surface area contributed by atoms with E-state index in [2.05, 4.69) is 22.7 Å².